The zero-order valence-electron chi connectivity index (χ0n) is 10.7. The first-order chi connectivity index (χ1) is 8.02. The van der Waals surface area contributed by atoms with E-state index in [2.05, 4.69) is 5.32 Å². The average molecular weight is 262 g/mol. The fourth-order valence-electron chi connectivity index (χ4n) is 1.13. The van der Waals surface area contributed by atoms with Crippen LogP contribution in [0, 0.1) is 0 Å². The van der Waals surface area contributed by atoms with E-state index >= 15 is 0 Å². The third-order valence-corrected chi connectivity index (χ3v) is 3.29. The van der Waals surface area contributed by atoms with Crippen LogP contribution in [0.1, 0.15) is 27.2 Å². The van der Waals surface area contributed by atoms with E-state index in [-0.39, 0.29) is 17.1 Å². The van der Waals surface area contributed by atoms with Gasteiger partial charge in [-0.1, -0.05) is 0 Å². The van der Waals surface area contributed by atoms with Crippen molar-refractivity contribution in [3.05, 3.63) is 0 Å². The predicted molar refractivity (Wildman–Crippen MR) is 69.8 cm³/mol. The van der Waals surface area contributed by atoms with Gasteiger partial charge < -0.3 is 15.8 Å². The van der Waals surface area contributed by atoms with Gasteiger partial charge in [0.05, 0.1) is 11.9 Å². The van der Waals surface area contributed by atoms with Gasteiger partial charge in [-0.05, 0) is 32.9 Å². The van der Waals surface area contributed by atoms with Gasteiger partial charge in [0.2, 0.25) is 5.91 Å². The maximum absolute atomic E-state index is 11.4. The highest BCUT2D eigenvalue weighted by atomic mass is 32.2. The monoisotopic (exact) mass is 262 g/mol. The first kappa shape index (κ1) is 16.2. The number of hydrogen-bond donors (Lipinski definition) is 2. The molecular weight excluding hydrogens is 240 g/mol. The number of carbonyl (C=O) groups is 2. The van der Waals surface area contributed by atoms with Crippen LogP contribution in [0.15, 0.2) is 0 Å². The van der Waals surface area contributed by atoms with Gasteiger partial charge in [-0.3, -0.25) is 9.59 Å². The van der Waals surface area contributed by atoms with E-state index in [4.69, 9.17) is 10.5 Å². The Morgan fingerprint density at radius 1 is 1.41 bits per heavy atom. The molecule has 0 rings (SSSR count). The molecule has 0 bridgehead atoms. The van der Waals surface area contributed by atoms with Gasteiger partial charge in [-0.15, -0.1) is 11.8 Å². The minimum absolute atomic E-state index is 0.0159. The highest BCUT2D eigenvalue weighted by Crippen LogP contribution is 2.12. The normalized spacial score (nSPS) is 13.9. The largest absolute Gasteiger partial charge is 0.465 e. The number of esters is 1. The summed E-state index contributed by atoms with van der Waals surface area (Å²) in [6.45, 7) is 6.44. The number of nitrogens with two attached hydrogens (primary N) is 1. The van der Waals surface area contributed by atoms with Gasteiger partial charge in [-0.25, -0.2) is 0 Å². The summed E-state index contributed by atoms with van der Waals surface area (Å²) in [5.41, 5.74) is 5.64. The third kappa shape index (κ3) is 7.23. The fraction of sp³-hybridized carbons (Fsp3) is 0.818. The lowest BCUT2D eigenvalue weighted by Crippen LogP contribution is -2.34. The first-order valence-corrected chi connectivity index (χ1v) is 6.89. The molecule has 0 aromatic rings. The lowest BCUT2D eigenvalue weighted by Gasteiger charge is -2.13. The second-order valence-electron chi connectivity index (χ2n) is 3.55. The van der Waals surface area contributed by atoms with Crippen molar-refractivity contribution in [3.8, 4) is 0 Å². The van der Waals surface area contributed by atoms with Gasteiger partial charge in [-0.2, -0.15) is 0 Å². The molecule has 0 aliphatic heterocycles. The van der Waals surface area contributed by atoms with Crippen molar-refractivity contribution < 1.29 is 14.3 Å². The van der Waals surface area contributed by atoms with Crippen molar-refractivity contribution in [1.29, 1.82) is 0 Å². The molecule has 0 saturated carbocycles. The number of nitrogens with one attached hydrogen (secondary N) is 1. The van der Waals surface area contributed by atoms with E-state index in [0.29, 0.717) is 25.3 Å². The molecule has 0 spiro atoms. The van der Waals surface area contributed by atoms with Crippen molar-refractivity contribution in [3.63, 3.8) is 0 Å². The van der Waals surface area contributed by atoms with Crippen LogP contribution in [0.2, 0.25) is 0 Å². The van der Waals surface area contributed by atoms with Crippen LogP contribution in [0.5, 0.6) is 0 Å². The second kappa shape index (κ2) is 9.30. The molecule has 5 nitrogen and oxygen atoms in total. The van der Waals surface area contributed by atoms with Crippen LogP contribution in [-0.4, -0.2) is 42.1 Å². The molecule has 6 heteroatoms. The Bertz CT molecular complexity index is 225. The Labute approximate surface area is 107 Å². The lowest BCUT2D eigenvalue weighted by atomic mass is 10.2. The van der Waals surface area contributed by atoms with Crippen LogP contribution >= 0.6 is 11.8 Å². The first-order valence-electron chi connectivity index (χ1n) is 5.84. The maximum Gasteiger partial charge on any atom is 0.322 e. The molecule has 2 atom stereocenters. The van der Waals surface area contributed by atoms with E-state index in [9.17, 15) is 9.59 Å². The summed E-state index contributed by atoms with van der Waals surface area (Å²) in [4.78, 5) is 22.6. The summed E-state index contributed by atoms with van der Waals surface area (Å²) in [6, 6.07) is -0.594. The molecule has 100 valence electrons. The summed E-state index contributed by atoms with van der Waals surface area (Å²) >= 11 is 1.49. The highest BCUT2D eigenvalue weighted by molar-refractivity contribution is 8.00. The van der Waals surface area contributed by atoms with Gasteiger partial charge in [0.15, 0.2) is 0 Å². The zero-order valence-corrected chi connectivity index (χ0v) is 11.5. The fourth-order valence-corrected chi connectivity index (χ4v) is 2.11. The van der Waals surface area contributed by atoms with E-state index in [0.717, 1.165) is 0 Å². The maximum atomic E-state index is 11.4. The number of amides is 1. The summed E-state index contributed by atoms with van der Waals surface area (Å²) in [6.07, 6.45) is 0.521. The lowest BCUT2D eigenvalue weighted by molar-refractivity contribution is -0.144. The minimum Gasteiger partial charge on any atom is -0.465 e. The van der Waals surface area contributed by atoms with Gasteiger partial charge in [0.1, 0.15) is 6.04 Å². The number of carbonyl (C=O) groups excluding carboxylic acids is 2. The molecule has 0 fully saturated rings. The van der Waals surface area contributed by atoms with Crippen LogP contribution < -0.4 is 11.1 Å². The summed E-state index contributed by atoms with van der Waals surface area (Å²) in [7, 11) is 0. The quantitative estimate of drug-likeness (QED) is 0.623. The van der Waals surface area contributed by atoms with Crippen molar-refractivity contribution in [2.24, 2.45) is 5.73 Å². The Morgan fingerprint density at radius 3 is 2.59 bits per heavy atom. The molecule has 0 heterocycles. The third-order valence-electron chi connectivity index (χ3n) is 2.11. The highest BCUT2D eigenvalue weighted by Gasteiger charge is 2.16. The summed E-state index contributed by atoms with van der Waals surface area (Å²) in [5, 5.41) is 2.62. The zero-order chi connectivity index (χ0) is 13.3. The van der Waals surface area contributed by atoms with Gasteiger partial charge in [0, 0.05) is 6.54 Å². The van der Waals surface area contributed by atoms with Crippen LogP contribution in [0.25, 0.3) is 0 Å². The van der Waals surface area contributed by atoms with Gasteiger partial charge >= 0.3 is 5.97 Å². The molecule has 0 aliphatic rings. The second-order valence-corrected chi connectivity index (χ2v) is 5.00. The number of rotatable bonds is 8. The molecule has 0 aromatic carbocycles. The molecule has 0 aromatic heterocycles. The smallest absolute Gasteiger partial charge is 0.322 e. The van der Waals surface area contributed by atoms with E-state index in [1.807, 2.05) is 13.8 Å². The standard InChI is InChI=1S/C11H22N2O3S/c1-4-13-10(14)8(3)17-7-6-9(12)11(15)16-5-2/h8-9H,4-7,12H2,1-3H3,(H,13,14). The van der Waals surface area contributed by atoms with Crippen LogP contribution in [0.4, 0.5) is 0 Å². The SMILES string of the molecule is CCNC(=O)C(C)SCCC(N)C(=O)OCC. The Morgan fingerprint density at radius 2 is 2.06 bits per heavy atom. The Kier molecular flexibility index (Phi) is 8.89. The number of hydrogen-bond acceptors (Lipinski definition) is 5. The molecular formula is C11H22N2O3S. The van der Waals surface area contributed by atoms with Gasteiger partial charge in [0.25, 0.3) is 0 Å². The van der Waals surface area contributed by atoms with E-state index in [1.54, 1.807) is 6.92 Å². The van der Waals surface area contributed by atoms with Crippen LogP contribution in [-0.2, 0) is 14.3 Å². The van der Waals surface area contributed by atoms with E-state index in [1.165, 1.54) is 11.8 Å². The summed E-state index contributed by atoms with van der Waals surface area (Å²) in [5.74, 6) is 0.305. The van der Waals surface area contributed by atoms with Crippen molar-refractivity contribution >= 4 is 23.6 Å². The molecule has 2 unspecified atom stereocenters. The van der Waals surface area contributed by atoms with Crippen molar-refractivity contribution in [1.82, 2.24) is 5.32 Å². The Hall–Kier alpha value is -0.750. The predicted octanol–water partition coefficient (Wildman–Crippen LogP) is 0.525. The molecule has 17 heavy (non-hydrogen) atoms. The van der Waals surface area contributed by atoms with Crippen LogP contribution in [0.3, 0.4) is 0 Å². The van der Waals surface area contributed by atoms with Crippen molar-refractivity contribution in [2.75, 3.05) is 18.9 Å². The summed E-state index contributed by atoms with van der Waals surface area (Å²) < 4.78 is 4.79. The molecule has 0 radical (unpaired) electrons. The number of thioether (sulfide) groups is 1. The molecule has 0 saturated heterocycles. The molecule has 0 aliphatic carbocycles. The molecule has 1 amide bonds. The molecule has 3 N–H and O–H groups in total. The topological polar surface area (TPSA) is 81.4 Å². The minimum atomic E-state index is -0.594. The van der Waals surface area contributed by atoms with Crippen molar-refractivity contribution in [2.45, 2.75) is 38.5 Å². The number of ether oxygens (including phenoxy) is 1. The Balaban J connectivity index is 3.75. The van der Waals surface area contributed by atoms with E-state index < -0.39 is 6.04 Å². The average Bonchev–Trinajstić information content (AvgIpc) is 2.29.